The van der Waals surface area contributed by atoms with Gasteiger partial charge in [0.05, 0.1) is 10.6 Å². The summed E-state index contributed by atoms with van der Waals surface area (Å²) in [5.74, 6) is -0.345. The standard InChI is InChI=1S/C10H9N3O4/c1-12-8-4-3-6(13(15)16)5-7(8)9(10(12)14)11-17-2/h3-5H,1-2H3/b11-9-. The Bertz CT molecular complexity index is 538. The molecule has 0 N–H and O–H groups in total. The Kier molecular flexibility index (Phi) is 2.51. The minimum absolute atomic E-state index is 0.0775. The van der Waals surface area contributed by atoms with Crippen LogP contribution in [0.25, 0.3) is 0 Å². The Balaban J connectivity index is 2.61. The van der Waals surface area contributed by atoms with Gasteiger partial charge < -0.3 is 9.74 Å². The number of likely N-dealkylation sites (N-methyl/N-ethyl adjacent to an activating group) is 1. The summed E-state index contributed by atoms with van der Waals surface area (Å²) in [6.07, 6.45) is 0. The fourth-order valence-electron chi connectivity index (χ4n) is 1.68. The second-order valence-corrected chi connectivity index (χ2v) is 3.45. The molecule has 1 aromatic rings. The molecule has 1 amide bonds. The fourth-order valence-corrected chi connectivity index (χ4v) is 1.68. The van der Waals surface area contributed by atoms with Crippen LogP contribution in [-0.4, -0.2) is 30.7 Å². The number of amides is 1. The minimum atomic E-state index is -0.520. The fraction of sp³-hybridized carbons (Fsp3) is 0.200. The van der Waals surface area contributed by atoms with Crippen molar-refractivity contribution in [2.45, 2.75) is 0 Å². The molecule has 1 aliphatic heterocycles. The number of nitro groups is 1. The molecule has 17 heavy (non-hydrogen) atoms. The second kappa shape index (κ2) is 3.85. The molecule has 0 spiro atoms. The lowest BCUT2D eigenvalue weighted by molar-refractivity contribution is -0.384. The highest BCUT2D eigenvalue weighted by molar-refractivity contribution is 6.54. The first kappa shape index (κ1) is 11.1. The van der Waals surface area contributed by atoms with Crippen LogP contribution in [0.3, 0.4) is 0 Å². The van der Waals surface area contributed by atoms with E-state index in [1.165, 1.54) is 30.2 Å². The largest absolute Gasteiger partial charge is 0.398 e. The zero-order valence-electron chi connectivity index (χ0n) is 9.21. The second-order valence-electron chi connectivity index (χ2n) is 3.45. The molecule has 0 saturated carbocycles. The van der Waals surface area contributed by atoms with Gasteiger partial charge in [-0.2, -0.15) is 0 Å². The van der Waals surface area contributed by atoms with E-state index in [-0.39, 0.29) is 17.3 Å². The van der Waals surface area contributed by atoms with E-state index < -0.39 is 4.92 Å². The number of carbonyl (C=O) groups is 1. The van der Waals surface area contributed by atoms with Crippen molar-refractivity contribution in [3.05, 3.63) is 33.9 Å². The smallest absolute Gasteiger partial charge is 0.280 e. The molecule has 0 fully saturated rings. The number of rotatable bonds is 2. The topological polar surface area (TPSA) is 85.0 Å². The van der Waals surface area contributed by atoms with Crippen molar-refractivity contribution in [1.29, 1.82) is 0 Å². The lowest BCUT2D eigenvalue weighted by Crippen LogP contribution is -2.25. The third-order valence-electron chi connectivity index (χ3n) is 2.50. The summed E-state index contributed by atoms with van der Waals surface area (Å²) in [7, 11) is 2.89. The molecular formula is C10H9N3O4. The van der Waals surface area contributed by atoms with Gasteiger partial charge in [-0.25, -0.2) is 0 Å². The van der Waals surface area contributed by atoms with Gasteiger partial charge in [-0.05, 0) is 6.07 Å². The van der Waals surface area contributed by atoms with Crippen LogP contribution >= 0.6 is 0 Å². The van der Waals surface area contributed by atoms with Gasteiger partial charge in [0.2, 0.25) is 0 Å². The van der Waals surface area contributed by atoms with Gasteiger partial charge in [0.25, 0.3) is 11.6 Å². The number of benzene rings is 1. The number of carbonyl (C=O) groups excluding carboxylic acids is 1. The zero-order valence-corrected chi connectivity index (χ0v) is 9.21. The summed E-state index contributed by atoms with van der Waals surface area (Å²) in [6.45, 7) is 0. The van der Waals surface area contributed by atoms with Crippen LogP contribution in [-0.2, 0) is 9.63 Å². The van der Waals surface area contributed by atoms with Crippen LogP contribution in [0, 0.1) is 10.1 Å². The molecule has 1 aromatic carbocycles. The van der Waals surface area contributed by atoms with E-state index >= 15 is 0 Å². The third-order valence-corrected chi connectivity index (χ3v) is 2.50. The Morgan fingerprint density at radius 1 is 1.47 bits per heavy atom. The normalized spacial score (nSPS) is 16.2. The predicted molar refractivity (Wildman–Crippen MR) is 60.1 cm³/mol. The lowest BCUT2D eigenvalue weighted by atomic mass is 10.1. The number of hydrogen-bond donors (Lipinski definition) is 0. The molecule has 1 aliphatic rings. The summed E-state index contributed by atoms with van der Waals surface area (Å²) in [5.41, 5.74) is 0.981. The highest BCUT2D eigenvalue weighted by Crippen LogP contribution is 2.31. The maximum atomic E-state index is 11.8. The van der Waals surface area contributed by atoms with Crippen LogP contribution in [0.5, 0.6) is 0 Å². The first-order valence-electron chi connectivity index (χ1n) is 4.74. The first-order chi connectivity index (χ1) is 8.06. The van der Waals surface area contributed by atoms with E-state index in [1.54, 1.807) is 7.05 Å². The van der Waals surface area contributed by atoms with Gasteiger partial charge in [-0.15, -0.1) is 0 Å². The van der Waals surface area contributed by atoms with Gasteiger partial charge >= 0.3 is 0 Å². The molecule has 1 heterocycles. The molecule has 88 valence electrons. The van der Waals surface area contributed by atoms with Gasteiger partial charge in [0, 0.05) is 24.7 Å². The molecular weight excluding hydrogens is 226 g/mol. The maximum absolute atomic E-state index is 11.8. The number of oxime groups is 1. The Morgan fingerprint density at radius 3 is 2.76 bits per heavy atom. The number of non-ortho nitro benzene ring substituents is 1. The van der Waals surface area contributed by atoms with Crippen molar-refractivity contribution < 1.29 is 14.6 Å². The lowest BCUT2D eigenvalue weighted by Gasteiger charge is -2.07. The number of nitro benzene ring substituents is 1. The van der Waals surface area contributed by atoms with Gasteiger partial charge in [0.1, 0.15) is 7.11 Å². The molecule has 7 heteroatoms. The van der Waals surface area contributed by atoms with E-state index in [9.17, 15) is 14.9 Å². The summed E-state index contributed by atoms with van der Waals surface area (Å²) in [4.78, 5) is 27.9. The number of hydrogen-bond acceptors (Lipinski definition) is 5. The summed E-state index contributed by atoms with van der Waals surface area (Å²) in [5, 5.41) is 14.3. The maximum Gasteiger partial charge on any atom is 0.280 e. The molecule has 7 nitrogen and oxygen atoms in total. The van der Waals surface area contributed by atoms with Crippen LogP contribution in [0.2, 0.25) is 0 Å². The number of nitrogens with zero attached hydrogens (tertiary/aromatic N) is 3. The van der Waals surface area contributed by atoms with Crippen LogP contribution in [0.4, 0.5) is 11.4 Å². The summed E-state index contributed by atoms with van der Waals surface area (Å²) in [6, 6.07) is 4.18. The number of fused-ring (bicyclic) bond motifs is 1. The Hall–Kier alpha value is -2.44. The van der Waals surface area contributed by atoms with E-state index in [0.717, 1.165) is 0 Å². The van der Waals surface area contributed by atoms with Gasteiger partial charge in [-0.1, -0.05) is 5.16 Å². The van der Waals surface area contributed by atoms with Gasteiger partial charge in [-0.3, -0.25) is 14.9 Å². The average Bonchev–Trinajstić information content (AvgIpc) is 2.54. The Labute approximate surface area is 96.4 Å². The molecule has 0 radical (unpaired) electrons. The molecule has 0 bridgehead atoms. The monoisotopic (exact) mass is 235 g/mol. The van der Waals surface area contributed by atoms with Crippen molar-refractivity contribution in [1.82, 2.24) is 0 Å². The molecule has 0 atom stereocenters. The summed E-state index contributed by atoms with van der Waals surface area (Å²) < 4.78 is 0. The van der Waals surface area contributed by atoms with E-state index in [1.807, 2.05) is 0 Å². The molecule has 0 aromatic heterocycles. The van der Waals surface area contributed by atoms with Crippen LogP contribution in [0.1, 0.15) is 5.56 Å². The SMILES string of the molecule is CO/N=C1\C(=O)N(C)c2ccc([N+](=O)[O-])cc21. The zero-order chi connectivity index (χ0) is 12.6. The highest BCUT2D eigenvalue weighted by atomic mass is 16.6. The van der Waals surface area contributed by atoms with Crippen molar-refractivity contribution in [2.75, 3.05) is 19.1 Å². The summed E-state index contributed by atoms with van der Waals surface area (Å²) >= 11 is 0. The van der Waals surface area contributed by atoms with Gasteiger partial charge in [0.15, 0.2) is 5.71 Å². The van der Waals surface area contributed by atoms with Crippen molar-refractivity contribution in [3.63, 3.8) is 0 Å². The van der Waals surface area contributed by atoms with Crippen molar-refractivity contribution in [2.24, 2.45) is 5.16 Å². The molecule has 0 aliphatic carbocycles. The van der Waals surface area contributed by atoms with Crippen LogP contribution in [0.15, 0.2) is 23.4 Å². The van der Waals surface area contributed by atoms with E-state index in [4.69, 9.17) is 0 Å². The van der Waals surface area contributed by atoms with Crippen LogP contribution < -0.4 is 4.90 Å². The number of anilines is 1. The quantitative estimate of drug-likeness (QED) is 0.563. The van der Waals surface area contributed by atoms with E-state index in [0.29, 0.717) is 11.3 Å². The van der Waals surface area contributed by atoms with E-state index in [2.05, 4.69) is 9.99 Å². The first-order valence-corrected chi connectivity index (χ1v) is 4.74. The Morgan fingerprint density at radius 2 is 2.18 bits per heavy atom. The highest BCUT2D eigenvalue weighted by Gasteiger charge is 2.33. The molecule has 0 unspecified atom stereocenters. The average molecular weight is 235 g/mol. The van der Waals surface area contributed by atoms with Crippen molar-refractivity contribution >= 4 is 23.0 Å². The van der Waals surface area contributed by atoms with Crippen molar-refractivity contribution in [3.8, 4) is 0 Å². The molecule has 2 rings (SSSR count). The molecule has 0 saturated heterocycles. The minimum Gasteiger partial charge on any atom is -0.398 e. The predicted octanol–water partition coefficient (Wildman–Crippen LogP) is 0.922. The third kappa shape index (κ3) is 1.61.